The third-order valence-corrected chi connectivity index (χ3v) is 12.2. The molecule has 0 saturated carbocycles. The van der Waals surface area contributed by atoms with Crippen LogP contribution in [0.1, 0.15) is 59.6 Å². The first-order valence-corrected chi connectivity index (χ1v) is 14.5. The lowest BCUT2D eigenvalue weighted by molar-refractivity contribution is 0.00578. The molecule has 0 aliphatic carbocycles. The standard InChI is InChI=1S/C24H42BNO4Si/c1-22(2,3)31(8,9)28-16-15-26-14-13-19-11-10-12-21(20(19)17-27-18-26)25-29-23(4,5)24(6,7)30-25/h10-12H,13-18H2,1-9H3. The zero-order valence-electron chi connectivity index (χ0n) is 21.1. The van der Waals surface area contributed by atoms with Crippen LogP contribution in [-0.2, 0) is 31.5 Å². The first kappa shape index (κ1) is 24.9. The van der Waals surface area contributed by atoms with Gasteiger partial charge in [0.2, 0.25) is 0 Å². The van der Waals surface area contributed by atoms with Gasteiger partial charge in [0.15, 0.2) is 8.32 Å². The van der Waals surface area contributed by atoms with Crippen molar-refractivity contribution in [2.24, 2.45) is 0 Å². The summed E-state index contributed by atoms with van der Waals surface area (Å²) >= 11 is 0. The molecule has 0 aromatic heterocycles. The second kappa shape index (κ2) is 8.92. The summed E-state index contributed by atoms with van der Waals surface area (Å²) in [4.78, 5) is 2.36. The summed E-state index contributed by atoms with van der Waals surface area (Å²) < 4.78 is 25.2. The molecule has 3 rings (SSSR count). The van der Waals surface area contributed by atoms with E-state index < -0.39 is 8.32 Å². The van der Waals surface area contributed by atoms with Crippen molar-refractivity contribution < 1.29 is 18.5 Å². The maximum atomic E-state index is 6.37. The Bertz CT molecular complexity index is 759. The van der Waals surface area contributed by atoms with Crippen LogP contribution in [0.3, 0.4) is 0 Å². The maximum absolute atomic E-state index is 6.37. The topological polar surface area (TPSA) is 40.2 Å². The number of hydrogen-bond donors (Lipinski definition) is 0. The van der Waals surface area contributed by atoms with Crippen LogP contribution in [-0.4, -0.2) is 58.0 Å². The summed E-state index contributed by atoms with van der Waals surface area (Å²) in [5, 5.41) is 0.239. The molecular formula is C24H42BNO4Si. The minimum atomic E-state index is -1.71. The van der Waals surface area contributed by atoms with Crippen molar-refractivity contribution in [1.29, 1.82) is 0 Å². The predicted molar refractivity (Wildman–Crippen MR) is 130 cm³/mol. The summed E-state index contributed by atoms with van der Waals surface area (Å²) in [6, 6.07) is 6.45. The molecular weight excluding hydrogens is 405 g/mol. The third-order valence-electron chi connectivity index (χ3n) is 7.71. The molecule has 174 valence electrons. The zero-order chi connectivity index (χ0) is 23.1. The molecule has 2 aliphatic rings. The van der Waals surface area contributed by atoms with E-state index in [0.29, 0.717) is 13.3 Å². The molecule has 31 heavy (non-hydrogen) atoms. The van der Waals surface area contributed by atoms with Gasteiger partial charge in [-0.15, -0.1) is 0 Å². The van der Waals surface area contributed by atoms with Crippen LogP contribution in [0.2, 0.25) is 18.1 Å². The van der Waals surface area contributed by atoms with Gasteiger partial charge < -0.3 is 18.5 Å². The van der Waals surface area contributed by atoms with E-state index in [1.165, 1.54) is 11.1 Å². The quantitative estimate of drug-likeness (QED) is 0.628. The maximum Gasteiger partial charge on any atom is 0.495 e. The van der Waals surface area contributed by atoms with Gasteiger partial charge in [0.05, 0.1) is 24.5 Å². The Kier molecular flexibility index (Phi) is 7.17. The lowest BCUT2D eigenvalue weighted by Crippen LogP contribution is -2.43. The molecule has 0 amide bonds. The number of fused-ring (bicyclic) bond motifs is 1. The van der Waals surface area contributed by atoms with Crippen molar-refractivity contribution in [3.05, 3.63) is 29.3 Å². The highest BCUT2D eigenvalue weighted by Gasteiger charge is 2.52. The van der Waals surface area contributed by atoms with E-state index in [0.717, 1.165) is 31.6 Å². The number of rotatable bonds is 5. The fourth-order valence-electron chi connectivity index (χ4n) is 3.70. The van der Waals surface area contributed by atoms with Crippen molar-refractivity contribution in [2.45, 2.75) is 90.8 Å². The monoisotopic (exact) mass is 447 g/mol. The van der Waals surface area contributed by atoms with E-state index in [4.69, 9.17) is 18.5 Å². The molecule has 1 fully saturated rings. The molecule has 0 atom stereocenters. The second-order valence-corrected chi connectivity index (χ2v) is 16.3. The van der Waals surface area contributed by atoms with Gasteiger partial charge in [-0.05, 0) is 68.8 Å². The van der Waals surface area contributed by atoms with Crippen molar-refractivity contribution >= 4 is 20.9 Å². The fraction of sp³-hybridized carbons (Fsp3) is 0.750. The smallest absolute Gasteiger partial charge is 0.416 e. The number of ether oxygens (including phenoxy) is 1. The van der Waals surface area contributed by atoms with Gasteiger partial charge in [-0.2, -0.15) is 0 Å². The lowest BCUT2D eigenvalue weighted by atomic mass is 9.74. The lowest BCUT2D eigenvalue weighted by Gasteiger charge is -2.37. The summed E-state index contributed by atoms with van der Waals surface area (Å²) in [6.45, 7) is 23.7. The Morgan fingerprint density at radius 3 is 2.35 bits per heavy atom. The highest BCUT2D eigenvalue weighted by atomic mass is 28.4. The van der Waals surface area contributed by atoms with E-state index in [9.17, 15) is 0 Å². The molecule has 2 aliphatic heterocycles. The normalized spacial score (nSPS) is 22.2. The molecule has 1 aromatic rings. The molecule has 0 bridgehead atoms. The van der Waals surface area contributed by atoms with Gasteiger partial charge in [0.25, 0.3) is 0 Å². The molecule has 0 N–H and O–H groups in total. The summed E-state index contributed by atoms with van der Waals surface area (Å²) in [5.41, 5.74) is 2.96. The van der Waals surface area contributed by atoms with Crippen LogP contribution in [0.25, 0.3) is 0 Å². The van der Waals surface area contributed by atoms with Crippen molar-refractivity contribution in [3.8, 4) is 0 Å². The van der Waals surface area contributed by atoms with Gasteiger partial charge in [0.1, 0.15) is 0 Å². The third kappa shape index (κ3) is 5.45. The predicted octanol–water partition coefficient (Wildman–Crippen LogP) is 4.34. The van der Waals surface area contributed by atoms with Crippen LogP contribution >= 0.6 is 0 Å². The van der Waals surface area contributed by atoms with Crippen LogP contribution in [0, 0.1) is 0 Å². The Balaban J connectivity index is 1.64. The minimum absolute atomic E-state index is 0.239. The number of nitrogens with zero attached hydrogens (tertiary/aromatic N) is 1. The molecule has 0 radical (unpaired) electrons. The number of benzene rings is 1. The van der Waals surface area contributed by atoms with Crippen LogP contribution in [0.15, 0.2) is 18.2 Å². The van der Waals surface area contributed by atoms with Gasteiger partial charge in [0, 0.05) is 19.7 Å². The summed E-state index contributed by atoms with van der Waals surface area (Å²) in [5.74, 6) is 0. The van der Waals surface area contributed by atoms with Crippen molar-refractivity contribution in [1.82, 2.24) is 4.90 Å². The van der Waals surface area contributed by atoms with E-state index in [1.54, 1.807) is 0 Å². The second-order valence-electron chi connectivity index (χ2n) is 11.5. The van der Waals surface area contributed by atoms with E-state index in [1.807, 2.05) is 0 Å². The molecule has 7 heteroatoms. The average molecular weight is 448 g/mol. The van der Waals surface area contributed by atoms with Gasteiger partial charge >= 0.3 is 7.12 Å². The summed E-state index contributed by atoms with van der Waals surface area (Å²) in [7, 11) is -2.06. The largest absolute Gasteiger partial charge is 0.495 e. The molecule has 1 saturated heterocycles. The number of hydrogen-bond acceptors (Lipinski definition) is 5. The van der Waals surface area contributed by atoms with Gasteiger partial charge in [-0.25, -0.2) is 0 Å². The Labute approximate surface area is 191 Å². The molecule has 5 nitrogen and oxygen atoms in total. The molecule has 2 heterocycles. The highest BCUT2D eigenvalue weighted by Crippen LogP contribution is 2.37. The first-order chi connectivity index (χ1) is 14.2. The van der Waals surface area contributed by atoms with Crippen LogP contribution < -0.4 is 5.46 Å². The molecule has 0 unspecified atom stereocenters. The van der Waals surface area contributed by atoms with Crippen molar-refractivity contribution in [3.63, 3.8) is 0 Å². The van der Waals surface area contributed by atoms with Gasteiger partial charge in [-0.1, -0.05) is 39.0 Å². The van der Waals surface area contributed by atoms with E-state index >= 15 is 0 Å². The fourth-order valence-corrected chi connectivity index (χ4v) is 4.73. The highest BCUT2D eigenvalue weighted by molar-refractivity contribution is 6.74. The first-order valence-electron chi connectivity index (χ1n) is 11.6. The Morgan fingerprint density at radius 2 is 1.74 bits per heavy atom. The SMILES string of the molecule is CC1(C)OB(c2cccc3c2COCN(CCO[Si](C)(C)C(C)(C)C)CC3)OC1(C)C. The van der Waals surface area contributed by atoms with Crippen LogP contribution in [0.4, 0.5) is 0 Å². The molecule has 0 spiro atoms. The Morgan fingerprint density at radius 1 is 1.10 bits per heavy atom. The van der Waals surface area contributed by atoms with E-state index in [2.05, 4.69) is 84.7 Å². The van der Waals surface area contributed by atoms with Crippen molar-refractivity contribution in [2.75, 3.05) is 26.4 Å². The molecule has 1 aromatic carbocycles. The van der Waals surface area contributed by atoms with E-state index in [-0.39, 0.29) is 23.4 Å². The summed E-state index contributed by atoms with van der Waals surface area (Å²) in [6.07, 6.45) is 0.992. The zero-order valence-corrected chi connectivity index (χ0v) is 22.1. The van der Waals surface area contributed by atoms with Crippen LogP contribution in [0.5, 0.6) is 0 Å². The minimum Gasteiger partial charge on any atom is -0.416 e. The Hall–Kier alpha value is -0.698. The average Bonchev–Trinajstić information content (AvgIpc) is 2.83. The van der Waals surface area contributed by atoms with Gasteiger partial charge in [-0.3, -0.25) is 4.90 Å².